The molecule has 1 saturated heterocycles. The number of ether oxygens (including phenoxy) is 2. The van der Waals surface area contributed by atoms with Crippen LogP contribution >= 0.6 is 31.9 Å². The average molecular weight is 574 g/mol. The number of carbonyl (C=O) groups excluding carboxylic acids is 2. The summed E-state index contributed by atoms with van der Waals surface area (Å²) in [5.41, 5.74) is 2.86. The summed E-state index contributed by atoms with van der Waals surface area (Å²) in [6, 6.07) is 9.87. The fourth-order valence-electron chi connectivity index (χ4n) is 5.06. The summed E-state index contributed by atoms with van der Waals surface area (Å²) in [5, 5.41) is 5.32. The zero-order chi connectivity index (χ0) is 23.3. The van der Waals surface area contributed by atoms with Crippen LogP contribution in [0.1, 0.15) is 23.1 Å². The summed E-state index contributed by atoms with van der Waals surface area (Å²) in [7, 11) is 1.56. The van der Waals surface area contributed by atoms with Crippen LogP contribution in [0.3, 0.4) is 0 Å². The highest BCUT2D eigenvalue weighted by atomic mass is 79.9. The van der Waals surface area contributed by atoms with Crippen molar-refractivity contribution in [2.45, 2.75) is 20.0 Å². The van der Waals surface area contributed by atoms with Gasteiger partial charge in [0.15, 0.2) is 11.5 Å². The number of hydrazone groups is 1. The number of allylic oxidation sites excluding steroid dienone is 2. The van der Waals surface area contributed by atoms with Gasteiger partial charge in [-0.3, -0.25) is 9.59 Å². The van der Waals surface area contributed by atoms with E-state index in [4.69, 9.17) is 9.47 Å². The molecule has 170 valence electrons. The molecule has 2 aromatic rings. The molecule has 6 nitrogen and oxygen atoms in total. The third-order valence-corrected chi connectivity index (χ3v) is 8.74. The van der Waals surface area contributed by atoms with Crippen molar-refractivity contribution in [2.75, 3.05) is 7.11 Å². The number of aryl methyl sites for hydroxylation is 1. The predicted molar refractivity (Wildman–Crippen MR) is 131 cm³/mol. The van der Waals surface area contributed by atoms with Crippen LogP contribution in [0.25, 0.3) is 0 Å². The van der Waals surface area contributed by atoms with Gasteiger partial charge in [0, 0.05) is 10.0 Å². The molecule has 2 aliphatic carbocycles. The molecule has 2 amide bonds. The molecule has 0 unspecified atom stereocenters. The average Bonchev–Trinajstić information content (AvgIpc) is 3.48. The minimum atomic E-state index is -0.272. The number of hydrogen-bond donors (Lipinski definition) is 0. The number of benzene rings is 2. The van der Waals surface area contributed by atoms with Crippen molar-refractivity contribution < 1.29 is 19.1 Å². The van der Waals surface area contributed by atoms with Gasteiger partial charge in [-0.05, 0) is 68.7 Å². The number of halogens is 2. The molecule has 2 bridgehead atoms. The van der Waals surface area contributed by atoms with Gasteiger partial charge >= 0.3 is 0 Å². The van der Waals surface area contributed by atoms with Crippen molar-refractivity contribution in [3.05, 3.63) is 68.1 Å². The van der Waals surface area contributed by atoms with Gasteiger partial charge in [0.1, 0.15) is 6.61 Å². The Bertz CT molecular complexity index is 1180. The summed E-state index contributed by atoms with van der Waals surface area (Å²) in [4.78, 5) is 25.7. The van der Waals surface area contributed by atoms with E-state index in [9.17, 15) is 9.59 Å². The van der Waals surface area contributed by atoms with E-state index < -0.39 is 0 Å². The molecule has 0 spiro atoms. The topological polar surface area (TPSA) is 68.2 Å². The number of hydrogen-bond acceptors (Lipinski definition) is 5. The first-order chi connectivity index (χ1) is 15.9. The summed E-state index contributed by atoms with van der Waals surface area (Å²) >= 11 is 7.16. The zero-order valence-corrected chi connectivity index (χ0v) is 21.3. The Morgan fingerprint density at radius 1 is 1.09 bits per heavy atom. The lowest BCUT2D eigenvalue weighted by Crippen LogP contribution is -2.28. The number of methoxy groups -OCH3 is 1. The monoisotopic (exact) mass is 572 g/mol. The number of fused-ring (bicyclic) bond motifs is 5. The molecule has 2 aromatic carbocycles. The fourth-order valence-corrected chi connectivity index (χ4v) is 6.00. The van der Waals surface area contributed by atoms with E-state index in [1.807, 2.05) is 25.1 Å². The van der Waals surface area contributed by atoms with Crippen LogP contribution in [-0.4, -0.2) is 30.1 Å². The van der Waals surface area contributed by atoms with E-state index in [2.05, 4.69) is 55.2 Å². The van der Waals surface area contributed by atoms with E-state index in [-0.39, 0.29) is 35.5 Å². The molecule has 3 aliphatic rings. The molecule has 2 fully saturated rings. The molecule has 0 aromatic heterocycles. The van der Waals surface area contributed by atoms with E-state index in [0.717, 1.165) is 22.6 Å². The minimum Gasteiger partial charge on any atom is -0.493 e. The van der Waals surface area contributed by atoms with Crippen LogP contribution < -0.4 is 9.47 Å². The number of carbonyl (C=O) groups is 2. The summed E-state index contributed by atoms with van der Waals surface area (Å²) in [6.45, 7) is 2.42. The van der Waals surface area contributed by atoms with Crippen LogP contribution in [0.2, 0.25) is 0 Å². The Balaban J connectivity index is 1.38. The molecule has 1 aliphatic heterocycles. The van der Waals surface area contributed by atoms with E-state index in [1.54, 1.807) is 13.2 Å². The maximum Gasteiger partial charge on any atom is 0.254 e. The highest BCUT2D eigenvalue weighted by Gasteiger charge is 2.59. The third-order valence-electron chi connectivity index (χ3n) is 6.60. The second kappa shape index (κ2) is 8.72. The summed E-state index contributed by atoms with van der Waals surface area (Å²) < 4.78 is 13.0. The van der Waals surface area contributed by atoms with E-state index >= 15 is 0 Å². The standard InChI is InChI=1S/C25H22Br2N2O4/c1-13-4-3-5-14(8-13)12-33-23-18(32-2)10-17(21(26)22(23)27)11-28-29-24(30)19-15-6-7-16(9-15)20(19)25(29)31/h3-8,10-11,15-16,19-20H,9,12H2,1-2H3/t15-,16-,19-,20+/m0/s1. The molecule has 5 rings (SSSR count). The Morgan fingerprint density at radius 3 is 2.42 bits per heavy atom. The van der Waals surface area contributed by atoms with Crippen LogP contribution in [0.15, 0.2) is 56.5 Å². The SMILES string of the molecule is COc1cc(C=NN2C(=O)[C@@H]3[C@H](C2=O)[C@H]2C=C[C@H]3C2)c(Br)c(Br)c1OCc1cccc(C)c1. The van der Waals surface area contributed by atoms with Crippen molar-refractivity contribution in [1.29, 1.82) is 0 Å². The predicted octanol–water partition coefficient (Wildman–Crippen LogP) is 5.25. The first-order valence-corrected chi connectivity index (χ1v) is 12.3. The van der Waals surface area contributed by atoms with E-state index in [0.29, 0.717) is 32.6 Å². The van der Waals surface area contributed by atoms with Crippen molar-refractivity contribution >= 4 is 49.9 Å². The zero-order valence-electron chi connectivity index (χ0n) is 18.1. The second-order valence-electron chi connectivity index (χ2n) is 8.64. The first kappa shape index (κ1) is 22.3. The van der Waals surface area contributed by atoms with Crippen molar-refractivity contribution in [3.63, 3.8) is 0 Å². The summed E-state index contributed by atoms with van der Waals surface area (Å²) in [6.07, 6.45) is 6.54. The Morgan fingerprint density at radius 2 is 1.79 bits per heavy atom. The smallest absolute Gasteiger partial charge is 0.254 e. The largest absolute Gasteiger partial charge is 0.493 e. The normalized spacial score (nSPS) is 25.4. The van der Waals surface area contributed by atoms with Gasteiger partial charge < -0.3 is 9.47 Å². The first-order valence-electron chi connectivity index (χ1n) is 10.7. The Hall–Kier alpha value is -2.45. The van der Waals surface area contributed by atoms with Gasteiger partial charge in [0.05, 0.1) is 29.6 Å². The molecule has 33 heavy (non-hydrogen) atoms. The maximum atomic E-state index is 12.9. The van der Waals surface area contributed by atoms with Gasteiger partial charge in [0.2, 0.25) is 0 Å². The number of nitrogens with zero attached hydrogens (tertiary/aromatic N) is 2. The van der Waals surface area contributed by atoms with Crippen LogP contribution in [0, 0.1) is 30.6 Å². The van der Waals surface area contributed by atoms with Gasteiger partial charge in [-0.2, -0.15) is 10.1 Å². The van der Waals surface area contributed by atoms with Crippen LogP contribution in [0.4, 0.5) is 0 Å². The van der Waals surface area contributed by atoms with Crippen LogP contribution in [-0.2, 0) is 16.2 Å². The second-order valence-corrected chi connectivity index (χ2v) is 10.2. The quantitative estimate of drug-likeness (QED) is 0.269. The lowest BCUT2D eigenvalue weighted by Gasteiger charge is -2.16. The van der Waals surface area contributed by atoms with Gasteiger partial charge in [0.25, 0.3) is 11.8 Å². The third kappa shape index (κ3) is 3.83. The molecule has 0 radical (unpaired) electrons. The Kier molecular flexibility index (Phi) is 5.91. The van der Waals surface area contributed by atoms with Crippen molar-refractivity contribution in [3.8, 4) is 11.5 Å². The number of rotatable bonds is 6. The minimum absolute atomic E-state index is 0.155. The molecular formula is C25H22Br2N2O4. The van der Waals surface area contributed by atoms with E-state index in [1.165, 1.54) is 6.21 Å². The van der Waals surface area contributed by atoms with Gasteiger partial charge in [-0.25, -0.2) is 0 Å². The molecule has 0 N–H and O–H groups in total. The lowest BCUT2D eigenvalue weighted by atomic mass is 9.85. The highest BCUT2D eigenvalue weighted by molar-refractivity contribution is 9.13. The number of imide groups is 1. The maximum absolute atomic E-state index is 12.9. The highest BCUT2D eigenvalue weighted by Crippen LogP contribution is 2.52. The lowest BCUT2D eigenvalue weighted by molar-refractivity contribution is -0.140. The summed E-state index contributed by atoms with van der Waals surface area (Å²) in [5.74, 6) is 0.408. The molecule has 4 atom stereocenters. The Labute approximate surface area is 208 Å². The van der Waals surface area contributed by atoms with Crippen molar-refractivity contribution in [2.24, 2.45) is 28.8 Å². The molecular weight excluding hydrogens is 552 g/mol. The molecule has 8 heteroatoms. The van der Waals surface area contributed by atoms with Gasteiger partial charge in [-0.1, -0.05) is 42.0 Å². The van der Waals surface area contributed by atoms with Gasteiger partial charge in [-0.15, -0.1) is 0 Å². The van der Waals surface area contributed by atoms with Crippen molar-refractivity contribution in [1.82, 2.24) is 5.01 Å². The van der Waals surface area contributed by atoms with Crippen LogP contribution in [0.5, 0.6) is 11.5 Å². The number of amides is 2. The molecule has 1 saturated carbocycles. The fraction of sp³-hybridized carbons (Fsp3) is 0.320. The molecule has 1 heterocycles.